The van der Waals surface area contributed by atoms with E-state index in [9.17, 15) is 0 Å². The van der Waals surface area contributed by atoms with Gasteiger partial charge in [-0.1, -0.05) is 53.3 Å². The number of amidine groups is 1. The summed E-state index contributed by atoms with van der Waals surface area (Å²) >= 11 is 1.85. The van der Waals surface area contributed by atoms with Crippen LogP contribution < -0.4 is 10.3 Å². The van der Waals surface area contributed by atoms with Crippen LogP contribution in [-0.2, 0) is 10.8 Å². The molecule has 1 aromatic heterocycles. The fourth-order valence-corrected chi connectivity index (χ4v) is 4.36. The van der Waals surface area contributed by atoms with E-state index in [0.717, 1.165) is 61.0 Å². The molecule has 0 radical (unpaired) electrons. The van der Waals surface area contributed by atoms with E-state index < -0.39 is 0 Å². The van der Waals surface area contributed by atoms with Crippen LogP contribution in [0.15, 0.2) is 11.1 Å². The van der Waals surface area contributed by atoms with Crippen molar-refractivity contribution in [1.82, 2.24) is 25.3 Å². The van der Waals surface area contributed by atoms with Crippen LogP contribution in [0.2, 0.25) is 0 Å². The molecule has 0 aliphatic carbocycles. The predicted octanol–water partition coefficient (Wildman–Crippen LogP) is 3.08. The first-order valence-electron chi connectivity index (χ1n) is 11.1. The van der Waals surface area contributed by atoms with Gasteiger partial charge in [0.05, 0.1) is 5.69 Å². The molecule has 7 nitrogen and oxygen atoms in total. The molecule has 2 aliphatic heterocycles. The Balaban J connectivity index is 1.54. The van der Waals surface area contributed by atoms with Crippen molar-refractivity contribution in [2.24, 2.45) is 4.99 Å². The molecule has 0 unspecified atom stereocenters. The SMILES string of the molecule is CN1NCN=C1SCCCN1CCN(c2cc(C(C)(C)C)nc(C(C)(C)C)n2)CC1. The van der Waals surface area contributed by atoms with E-state index in [2.05, 4.69) is 67.8 Å². The highest BCUT2D eigenvalue weighted by molar-refractivity contribution is 8.13. The quantitative estimate of drug-likeness (QED) is 0.716. The molecule has 0 spiro atoms. The summed E-state index contributed by atoms with van der Waals surface area (Å²) in [6.45, 7) is 19.4. The Morgan fingerprint density at radius 1 is 1.00 bits per heavy atom. The van der Waals surface area contributed by atoms with E-state index in [4.69, 9.17) is 9.97 Å². The Hall–Kier alpha value is -1.38. The maximum atomic E-state index is 4.96. The number of thioether (sulfide) groups is 1. The van der Waals surface area contributed by atoms with Gasteiger partial charge in [-0.25, -0.2) is 20.4 Å². The first kappa shape index (κ1) is 23.3. The number of rotatable bonds is 5. The Labute approximate surface area is 186 Å². The Bertz CT molecular complexity index is 711. The van der Waals surface area contributed by atoms with Crippen LogP contribution in [0.1, 0.15) is 59.5 Å². The Kier molecular flexibility index (Phi) is 7.30. The van der Waals surface area contributed by atoms with E-state index in [1.165, 1.54) is 6.42 Å². The highest BCUT2D eigenvalue weighted by Gasteiger charge is 2.26. The van der Waals surface area contributed by atoms with Crippen LogP contribution in [0.4, 0.5) is 5.82 Å². The molecule has 1 saturated heterocycles. The van der Waals surface area contributed by atoms with Crippen molar-refractivity contribution in [3.63, 3.8) is 0 Å². The highest BCUT2D eigenvalue weighted by atomic mass is 32.2. The van der Waals surface area contributed by atoms with Gasteiger partial charge in [0.25, 0.3) is 0 Å². The van der Waals surface area contributed by atoms with Crippen molar-refractivity contribution in [3.05, 3.63) is 17.6 Å². The first-order chi connectivity index (χ1) is 14.0. The maximum Gasteiger partial charge on any atom is 0.174 e. The fourth-order valence-electron chi connectivity index (χ4n) is 3.49. The largest absolute Gasteiger partial charge is 0.354 e. The summed E-state index contributed by atoms with van der Waals surface area (Å²) in [6.07, 6.45) is 1.19. The lowest BCUT2D eigenvalue weighted by atomic mass is 9.90. The number of hydrogen-bond acceptors (Lipinski definition) is 8. The normalized spacial score (nSPS) is 18.8. The van der Waals surface area contributed by atoms with E-state index in [1.807, 2.05) is 23.8 Å². The van der Waals surface area contributed by atoms with Crippen molar-refractivity contribution in [2.45, 2.75) is 58.8 Å². The Morgan fingerprint density at radius 3 is 2.27 bits per heavy atom. The smallest absolute Gasteiger partial charge is 0.174 e. The molecule has 1 N–H and O–H groups in total. The molecular weight excluding hydrogens is 394 g/mol. The van der Waals surface area contributed by atoms with Gasteiger partial charge in [-0.15, -0.1) is 0 Å². The van der Waals surface area contributed by atoms with Gasteiger partial charge < -0.3 is 4.90 Å². The van der Waals surface area contributed by atoms with Gasteiger partial charge >= 0.3 is 0 Å². The third kappa shape index (κ3) is 6.08. The van der Waals surface area contributed by atoms with Crippen molar-refractivity contribution in [3.8, 4) is 0 Å². The lowest BCUT2D eigenvalue weighted by molar-refractivity contribution is 0.258. The molecule has 1 fully saturated rings. The second-order valence-electron chi connectivity index (χ2n) is 10.3. The van der Waals surface area contributed by atoms with Gasteiger partial charge in [0.15, 0.2) is 5.17 Å². The molecular formula is C22H39N7S. The van der Waals surface area contributed by atoms with Crippen LogP contribution in [0.25, 0.3) is 0 Å². The number of hydrogen-bond donors (Lipinski definition) is 1. The molecule has 0 saturated carbocycles. The summed E-state index contributed by atoms with van der Waals surface area (Å²) in [5, 5.41) is 3.12. The topological polar surface area (TPSA) is 59.9 Å². The van der Waals surface area contributed by atoms with Crippen LogP contribution in [0, 0.1) is 0 Å². The molecule has 0 amide bonds. The number of nitrogens with one attached hydrogen (secondary N) is 1. The van der Waals surface area contributed by atoms with E-state index in [-0.39, 0.29) is 10.8 Å². The zero-order chi connectivity index (χ0) is 21.9. The van der Waals surface area contributed by atoms with Crippen molar-refractivity contribution in [1.29, 1.82) is 0 Å². The summed E-state index contributed by atoms with van der Waals surface area (Å²) in [5.74, 6) is 3.14. The van der Waals surface area contributed by atoms with Gasteiger partial charge in [-0.05, 0) is 13.0 Å². The predicted molar refractivity (Wildman–Crippen MR) is 128 cm³/mol. The minimum absolute atomic E-state index is 0.0182. The van der Waals surface area contributed by atoms with Crippen LogP contribution in [-0.4, -0.2) is 77.2 Å². The van der Waals surface area contributed by atoms with Crippen molar-refractivity contribution < 1.29 is 0 Å². The number of nitrogens with zero attached hydrogens (tertiary/aromatic N) is 6. The summed E-state index contributed by atoms with van der Waals surface area (Å²) in [6, 6.07) is 2.20. The first-order valence-corrected chi connectivity index (χ1v) is 12.0. The second kappa shape index (κ2) is 9.40. The van der Waals surface area contributed by atoms with E-state index in [0.29, 0.717) is 6.67 Å². The van der Waals surface area contributed by atoms with Crippen LogP contribution in [0.3, 0.4) is 0 Å². The number of anilines is 1. The average Bonchev–Trinajstić information content (AvgIpc) is 3.09. The van der Waals surface area contributed by atoms with Crippen molar-refractivity contribution in [2.75, 3.05) is 57.1 Å². The van der Waals surface area contributed by atoms with Crippen molar-refractivity contribution >= 4 is 22.7 Å². The van der Waals surface area contributed by atoms with E-state index in [1.54, 1.807) is 0 Å². The van der Waals surface area contributed by atoms with Crippen LogP contribution in [0.5, 0.6) is 0 Å². The summed E-state index contributed by atoms with van der Waals surface area (Å²) in [5.41, 5.74) is 4.29. The molecule has 0 bridgehead atoms. The zero-order valence-corrected chi connectivity index (χ0v) is 20.6. The Morgan fingerprint density at radius 2 is 1.70 bits per heavy atom. The number of aromatic nitrogens is 2. The molecule has 2 aliphatic rings. The molecule has 0 aromatic carbocycles. The molecule has 168 valence electrons. The number of piperazine rings is 1. The maximum absolute atomic E-state index is 4.96. The minimum atomic E-state index is -0.0529. The molecule has 3 rings (SSSR count). The summed E-state index contributed by atoms with van der Waals surface area (Å²) in [4.78, 5) is 19.3. The monoisotopic (exact) mass is 433 g/mol. The van der Waals surface area contributed by atoms with Gasteiger partial charge in [0, 0.05) is 55.9 Å². The summed E-state index contributed by atoms with van der Waals surface area (Å²) < 4.78 is 0. The lowest BCUT2D eigenvalue weighted by Gasteiger charge is -2.36. The van der Waals surface area contributed by atoms with E-state index >= 15 is 0 Å². The molecule has 8 heteroatoms. The standard InChI is InChI=1S/C22H39N7S/c1-21(2,3)17-15-18(26-19(25-17)22(4,5)6)29-12-10-28(11-13-29)9-8-14-30-20-23-16-24-27(20)7/h15,24H,8-14,16H2,1-7H3. The van der Waals surface area contributed by atoms with Gasteiger partial charge in [0.1, 0.15) is 18.3 Å². The van der Waals surface area contributed by atoms with Gasteiger partial charge in [-0.3, -0.25) is 9.91 Å². The molecule has 30 heavy (non-hydrogen) atoms. The number of aliphatic imine (C=N–C) groups is 1. The van der Waals surface area contributed by atoms with Crippen LogP contribution >= 0.6 is 11.8 Å². The van der Waals surface area contributed by atoms with Gasteiger partial charge in [0.2, 0.25) is 0 Å². The fraction of sp³-hybridized carbons (Fsp3) is 0.773. The highest BCUT2D eigenvalue weighted by Crippen LogP contribution is 2.28. The third-order valence-electron chi connectivity index (χ3n) is 5.51. The molecule has 1 aromatic rings. The van der Waals surface area contributed by atoms with Gasteiger partial charge in [-0.2, -0.15) is 0 Å². The minimum Gasteiger partial charge on any atom is -0.354 e. The molecule has 3 heterocycles. The number of hydrazine groups is 1. The zero-order valence-electron chi connectivity index (χ0n) is 19.8. The third-order valence-corrected chi connectivity index (χ3v) is 6.66. The summed E-state index contributed by atoms with van der Waals surface area (Å²) in [7, 11) is 2.03. The molecule has 0 atom stereocenters. The second-order valence-corrected chi connectivity index (χ2v) is 11.3. The lowest BCUT2D eigenvalue weighted by Crippen LogP contribution is -2.47. The average molecular weight is 434 g/mol.